The third-order valence-electron chi connectivity index (χ3n) is 1.73. The highest BCUT2D eigenvalue weighted by molar-refractivity contribution is 5.15. The van der Waals surface area contributed by atoms with Crippen LogP contribution in [0.2, 0.25) is 0 Å². The highest BCUT2D eigenvalue weighted by Gasteiger charge is 2.76. The lowest BCUT2D eigenvalue weighted by atomic mass is 10.0. The molecule has 0 bridgehead atoms. The standard InChI is InChI=1S/C8H4F10O/c1-3(9)5(10,7(14,15)16)8(17,18)19-4(2)6(11,12)13/h1-2H2. The molecule has 0 aliphatic rings. The van der Waals surface area contributed by atoms with Crippen LogP contribution in [0.25, 0.3) is 0 Å². The predicted molar refractivity (Wildman–Crippen MR) is 41.4 cm³/mol. The van der Waals surface area contributed by atoms with Gasteiger partial charge in [-0.25, -0.2) is 8.78 Å². The molecule has 1 nitrogen and oxygen atoms in total. The van der Waals surface area contributed by atoms with Gasteiger partial charge in [-0.05, 0) is 0 Å². The van der Waals surface area contributed by atoms with Crippen LogP contribution in [0.5, 0.6) is 0 Å². The first-order valence-electron chi connectivity index (χ1n) is 4.01. The molecule has 0 rings (SSSR count). The van der Waals surface area contributed by atoms with Crippen molar-refractivity contribution in [3.05, 3.63) is 24.7 Å². The molecule has 0 aromatic carbocycles. The Morgan fingerprint density at radius 3 is 1.37 bits per heavy atom. The third kappa shape index (κ3) is 3.13. The van der Waals surface area contributed by atoms with Crippen molar-refractivity contribution < 1.29 is 48.6 Å². The maximum atomic E-state index is 13.1. The zero-order valence-electron chi connectivity index (χ0n) is 8.60. The second kappa shape index (κ2) is 4.60. The van der Waals surface area contributed by atoms with Crippen molar-refractivity contribution in [3.8, 4) is 0 Å². The summed E-state index contributed by atoms with van der Waals surface area (Å²) in [6, 6.07) is 0. The van der Waals surface area contributed by atoms with E-state index in [2.05, 4.69) is 4.74 Å². The van der Waals surface area contributed by atoms with Gasteiger partial charge in [-0.15, -0.1) is 0 Å². The largest absolute Gasteiger partial charge is 0.449 e. The average molecular weight is 306 g/mol. The first-order chi connectivity index (χ1) is 8.07. The molecule has 0 aromatic heterocycles. The van der Waals surface area contributed by atoms with Crippen LogP contribution in [-0.2, 0) is 4.74 Å². The Kier molecular flexibility index (Phi) is 4.26. The minimum atomic E-state index is -6.60. The van der Waals surface area contributed by atoms with Gasteiger partial charge in [0.15, 0.2) is 5.76 Å². The molecular formula is C8H4F10O. The summed E-state index contributed by atoms with van der Waals surface area (Å²) >= 11 is 0. The zero-order valence-corrected chi connectivity index (χ0v) is 8.60. The van der Waals surface area contributed by atoms with Crippen LogP contribution in [0.4, 0.5) is 43.9 Å². The topological polar surface area (TPSA) is 9.23 Å². The van der Waals surface area contributed by atoms with Crippen LogP contribution in [0.3, 0.4) is 0 Å². The van der Waals surface area contributed by atoms with Crippen molar-refractivity contribution in [1.82, 2.24) is 0 Å². The molecule has 0 aliphatic carbocycles. The summed E-state index contributed by atoms with van der Waals surface area (Å²) in [5.74, 6) is -6.09. The smallest absolute Gasteiger partial charge is 0.425 e. The molecule has 11 heteroatoms. The zero-order chi connectivity index (χ0) is 15.9. The Hall–Kier alpha value is -1.42. The third-order valence-corrected chi connectivity index (χ3v) is 1.73. The van der Waals surface area contributed by atoms with Gasteiger partial charge in [0.05, 0.1) is 0 Å². The van der Waals surface area contributed by atoms with Gasteiger partial charge in [-0.3, -0.25) is 0 Å². The monoisotopic (exact) mass is 306 g/mol. The van der Waals surface area contributed by atoms with Crippen molar-refractivity contribution >= 4 is 0 Å². The van der Waals surface area contributed by atoms with E-state index in [1.807, 2.05) is 6.58 Å². The fourth-order valence-electron chi connectivity index (χ4n) is 0.760. The average Bonchev–Trinajstić information content (AvgIpc) is 2.11. The van der Waals surface area contributed by atoms with Crippen molar-refractivity contribution in [1.29, 1.82) is 0 Å². The molecule has 0 aliphatic heterocycles. The van der Waals surface area contributed by atoms with Crippen LogP contribution < -0.4 is 0 Å². The van der Waals surface area contributed by atoms with E-state index < -0.39 is 35.7 Å². The SMILES string of the molecule is C=C(OC(F)(F)C(F)(C(=C)F)C(F)(F)F)C(F)(F)F. The van der Waals surface area contributed by atoms with Gasteiger partial charge in [0.2, 0.25) is 0 Å². The van der Waals surface area contributed by atoms with Crippen LogP contribution in [0.1, 0.15) is 0 Å². The van der Waals surface area contributed by atoms with Crippen LogP contribution >= 0.6 is 0 Å². The Morgan fingerprint density at radius 2 is 1.16 bits per heavy atom. The van der Waals surface area contributed by atoms with Gasteiger partial charge in [-0.2, -0.15) is 35.1 Å². The Balaban J connectivity index is 5.60. The lowest BCUT2D eigenvalue weighted by molar-refractivity contribution is -0.371. The maximum Gasteiger partial charge on any atom is 0.449 e. The van der Waals surface area contributed by atoms with Crippen molar-refractivity contribution in [2.75, 3.05) is 0 Å². The lowest BCUT2D eigenvalue weighted by Gasteiger charge is -2.33. The molecule has 0 amide bonds. The summed E-state index contributed by atoms with van der Waals surface area (Å²) in [5.41, 5.74) is -6.14. The first kappa shape index (κ1) is 17.6. The molecule has 0 spiro atoms. The molecule has 0 aromatic rings. The number of halogens is 10. The molecule has 1 atom stereocenters. The molecule has 0 saturated carbocycles. The van der Waals surface area contributed by atoms with Crippen LogP contribution in [0.15, 0.2) is 24.7 Å². The Bertz CT molecular complexity index is 378. The molecule has 112 valence electrons. The number of rotatable bonds is 4. The Morgan fingerprint density at radius 1 is 0.789 bits per heavy atom. The normalized spacial score (nSPS) is 16.7. The van der Waals surface area contributed by atoms with Crippen molar-refractivity contribution in [3.63, 3.8) is 0 Å². The minimum absolute atomic E-state index is 1.70. The van der Waals surface area contributed by atoms with Crippen molar-refractivity contribution in [2.24, 2.45) is 0 Å². The summed E-state index contributed by atoms with van der Waals surface area (Å²) < 4.78 is 125. The van der Waals surface area contributed by atoms with Gasteiger partial charge in [0, 0.05) is 0 Å². The number of hydrogen-bond acceptors (Lipinski definition) is 1. The molecular weight excluding hydrogens is 302 g/mol. The van der Waals surface area contributed by atoms with Crippen LogP contribution in [-0.4, -0.2) is 24.1 Å². The summed E-state index contributed by atoms with van der Waals surface area (Å²) in [7, 11) is 0. The molecule has 1 unspecified atom stereocenters. The maximum absolute atomic E-state index is 13.1. The number of allylic oxidation sites excluding steroid dienone is 1. The minimum Gasteiger partial charge on any atom is -0.425 e. The predicted octanol–water partition coefficient (Wildman–Crippen LogP) is 4.43. The molecule has 0 radical (unpaired) electrons. The van der Waals surface area contributed by atoms with E-state index in [-0.39, 0.29) is 0 Å². The summed E-state index contributed by atoms with van der Waals surface area (Å²) in [6.07, 6.45) is -18.5. The van der Waals surface area contributed by atoms with Gasteiger partial charge in [0.25, 0.3) is 0 Å². The van der Waals surface area contributed by atoms with Gasteiger partial charge >= 0.3 is 24.1 Å². The fourth-order valence-corrected chi connectivity index (χ4v) is 0.760. The lowest BCUT2D eigenvalue weighted by Crippen LogP contribution is -2.57. The quantitative estimate of drug-likeness (QED) is 0.551. The Labute approximate surface area is 98.7 Å². The van der Waals surface area contributed by atoms with E-state index in [9.17, 15) is 43.9 Å². The summed E-state index contributed by atoms with van der Waals surface area (Å²) in [4.78, 5) is 0. The number of ether oxygens (including phenoxy) is 1. The van der Waals surface area contributed by atoms with E-state index in [1.165, 1.54) is 0 Å². The number of alkyl halides is 9. The van der Waals surface area contributed by atoms with E-state index >= 15 is 0 Å². The second-order valence-corrected chi connectivity index (χ2v) is 3.10. The fraction of sp³-hybridized carbons (Fsp3) is 0.500. The van der Waals surface area contributed by atoms with E-state index in [4.69, 9.17) is 0 Å². The highest BCUT2D eigenvalue weighted by Crippen LogP contribution is 2.51. The van der Waals surface area contributed by atoms with E-state index in [0.29, 0.717) is 0 Å². The first-order valence-corrected chi connectivity index (χ1v) is 4.01. The summed E-state index contributed by atoms with van der Waals surface area (Å²) in [6.45, 7) is 3.55. The molecule has 0 N–H and O–H groups in total. The van der Waals surface area contributed by atoms with Gasteiger partial charge in [-0.1, -0.05) is 13.2 Å². The highest BCUT2D eigenvalue weighted by atomic mass is 19.4. The molecule has 0 fully saturated rings. The van der Waals surface area contributed by atoms with E-state index in [0.717, 1.165) is 0 Å². The molecule has 19 heavy (non-hydrogen) atoms. The van der Waals surface area contributed by atoms with Crippen LogP contribution in [0, 0.1) is 0 Å². The molecule has 0 saturated heterocycles. The van der Waals surface area contributed by atoms with Gasteiger partial charge < -0.3 is 4.74 Å². The van der Waals surface area contributed by atoms with Gasteiger partial charge in [0.1, 0.15) is 5.83 Å². The summed E-state index contributed by atoms with van der Waals surface area (Å²) in [5, 5.41) is 0. The second-order valence-electron chi connectivity index (χ2n) is 3.10. The van der Waals surface area contributed by atoms with E-state index in [1.54, 1.807) is 6.58 Å². The number of hydrogen-bond donors (Lipinski definition) is 0. The molecule has 0 heterocycles. The van der Waals surface area contributed by atoms with Crippen molar-refractivity contribution in [2.45, 2.75) is 24.1 Å².